The van der Waals surface area contributed by atoms with Crippen molar-refractivity contribution in [3.05, 3.63) is 188 Å². The predicted molar refractivity (Wildman–Crippen MR) is 233 cm³/mol. The summed E-state index contributed by atoms with van der Waals surface area (Å²) in [5.74, 6) is 1.84. The zero-order chi connectivity index (χ0) is 37.0. The van der Waals surface area contributed by atoms with E-state index >= 15 is 0 Å². The minimum absolute atomic E-state index is 0.596. The van der Waals surface area contributed by atoms with E-state index < -0.39 is 0 Å². The van der Waals surface area contributed by atoms with Gasteiger partial charge in [0.05, 0.1) is 0 Å². The van der Waals surface area contributed by atoms with Gasteiger partial charge in [0.25, 0.3) is 0 Å². The molecule has 0 aliphatic carbocycles. The van der Waals surface area contributed by atoms with Crippen molar-refractivity contribution >= 4 is 53.4 Å². The van der Waals surface area contributed by atoms with Crippen LogP contribution in [0.5, 0.6) is 0 Å². The normalized spacial score (nSPS) is 11.6. The molecule has 8 aromatic carbocycles. The van der Waals surface area contributed by atoms with Gasteiger partial charge in [0.15, 0.2) is 17.5 Å². The Morgan fingerprint density at radius 3 is 1.61 bits per heavy atom. The van der Waals surface area contributed by atoms with Crippen molar-refractivity contribution in [2.45, 2.75) is 0 Å². The number of rotatable bonds is 6. The topological polar surface area (TPSA) is 51.8 Å². The van der Waals surface area contributed by atoms with E-state index in [4.69, 9.17) is 19.4 Å². The fraction of sp³-hybridized carbons (Fsp3) is 0. The van der Waals surface area contributed by atoms with Crippen LogP contribution in [0, 0.1) is 0 Å². The number of hydrogen-bond acceptors (Lipinski definition) is 5. The molecule has 0 aliphatic rings. The highest BCUT2D eigenvalue weighted by atomic mass is 32.1. The number of fused-ring (bicyclic) bond motifs is 6. The highest BCUT2D eigenvalue weighted by molar-refractivity contribution is 7.25. The molecule has 11 rings (SSSR count). The van der Waals surface area contributed by atoms with Crippen molar-refractivity contribution in [3.8, 4) is 67.5 Å². The monoisotopic (exact) mass is 733 g/mol. The summed E-state index contributed by atoms with van der Waals surface area (Å²) < 4.78 is 8.95. The van der Waals surface area contributed by atoms with Gasteiger partial charge in [-0.3, -0.25) is 0 Å². The standard InChI is InChI=1S/C51H31N3OS/c1-3-12-32(13-4-1)34-24-26-35(27-25-34)49-52-50(54-51(53-49)41-20-11-23-46-48(41)39-18-7-8-22-45(39)56-46)40-19-10-21-44-47(40)42-31-38(28-29-43(42)55-44)37-17-9-16-36(30-37)33-14-5-2-6-15-33/h1-31H. The molecule has 0 spiro atoms. The molecular weight excluding hydrogens is 703 g/mol. The molecule has 0 aliphatic heterocycles. The molecule has 4 nitrogen and oxygen atoms in total. The van der Waals surface area contributed by atoms with Gasteiger partial charge in [-0.25, -0.2) is 15.0 Å². The largest absolute Gasteiger partial charge is 0.456 e. The molecule has 56 heavy (non-hydrogen) atoms. The lowest BCUT2D eigenvalue weighted by atomic mass is 9.97. The van der Waals surface area contributed by atoms with Gasteiger partial charge < -0.3 is 4.42 Å². The minimum Gasteiger partial charge on any atom is -0.456 e. The number of thiophene rings is 1. The van der Waals surface area contributed by atoms with E-state index in [1.165, 1.54) is 25.9 Å². The zero-order valence-electron chi connectivity index (χ0n) is 30.1. The zero-order valence-corrected chi connectivity index (χ0v) is 30.9. The SMILES string of the molecule is c1ccc(-c2ccc(-c3nc(-c4cccc5oc6ccc(-c7cccc(-c8ccccc8)c7)cc6c45)nc(-c4cccc5sc6ccccc6c45)n3)cc2)cc1. The second-order valence-corrected chi connectivity index (χ2v) is 15.0. The lowest BCUT2D eigenvalue weighted by molar-refractivity contribution is 0.669. The molecular formula is C51H31N3OS. The average Bonchev–Trinajstić information content (AvgIpc) is 3.85. The van der Waals surface area contributed by atoms with Crippen molar-refractivity contribution in [2.75, 3.05) is 0 Å². The maximum Gasteiger partial charge on any atom is 0.164 e. The Bertz CT molecular complexity index is 3240. The van der Waals surface area contributed by atoms with Crippen LogP contribution >= 0.6 is 11.3 Å². The smallest absolute Gasteiger partial charge is 0.164 e. The first-order valence-electron chi connectivity index (χ1n) is 18.7. The van der Waals surface area contributed by atoms with Gasteiger partial charge in [-0.2, -0.15) is 0 Å². The molecule has 0 fully saturated rings. The first-order valence-corrected chi connectivity index (χ1v) is 19.5. The average molecular weight is 734 g/mol. The Morgan fingerprint density at radius 2 is 0.839 bits per heavy atom. The second-order valence-electron chi connectivity index (χ2n) is 14.0. The van der Waals surface area contributed by atoms with Crippen LogP contribution in [-0.2, 0) is 0 Å². The molecule has 11 aromatic rings. The van der Waals surface area contributed by atoms with Crippen LogP contribution in [0.4, 0.5) is 0 Å². The maximum atomic E-state index is 6.51. The summed E-state index contributed by atoms with van der Waals surface area (Å²) in [6, 6.07) is 65.7. The van der Waals surface area contributed by atoms with Crippen molar-refractivity contribution in [3.63, 3.8) is 0 Å². The number of aromatic nitrogens is 3. The van der Waals surface area contributed by atoms with Gasteiger partial charge >= 0.3 is 0 Å². The lowest BCUT2D eigenvalue weighted by Gasteiger charge is -2.11. The number of hydrogen-bond donors (Lipinski definition) is 0. The summed E-state index contributed by atoms with van der Waals surface area (Å²) >= 11 is 1.79. The van der Waals surface area contributed by atoms with Crippen LogP contribution in [0.25, 0.3) is 110 Å². The Kier molecular flexibility index (Phi) is 7.64. The maximum absolute atomic E-state index is 6.51. The number of benzene rings is 8. The molecule has 0 radical (unpaired) electrons. The van der Waals surface area contributed by atoms with Gasteiger partial charge in [-0.15, -0.1) is 11.3 Å². The van der Waals surface area contributed by atoms with E-state index in [1.54, 1.807) is 11.3 Å². The summed E-state index contributed by atoms with van der Waals surface area (Å²) in [6.45, 7) is 0. The fourth-order valence-electron chi connectivity index (χ4n) is 7.85. The summed E-state index contributed by atoms with van der Waals surface area (Å²) in [5.41, 5.74) is 11.3. The van der Waals surface area contributed by atoms with Crippen molar-refractivity contribution in [2.24, 2.45) is 0 Å². The molecule has 262 valence electrons. The van der Waals surface area contributed by atoms with Crippen LogP contribution in [0.3, 0.4) is 0 Å². The van der Waals surface area contributed by atoms with Gasteiger partial charge in [-0.05, 0) is 69.8 Å². The Balaban J connectivity index is 1.11. The molecule has 0 bridgehead atoms. The molecule has 3 heterocycles. The first kappa shape index (κ1) is 32.2. The third-order valence-electron chi connectivity index (χ3n) is 10.6. The summed E-state index contributed by atoms with van der Waals surface area (Å²) in [7, 11) is 0. The van der Waals surface area contributed by atoms with Gasteiger partial charge in [0.1, 0.15) is 11.2 Å². The molecule has 3 aromatic heterocycles. The Hall–Kier alpha value is -7.21. The van der Waals surface area contributed by atoms with Crippen LogP contribution < -0.4 is 0 Å². The molecule has 5 heteroatoms. The predicted octanol–water partition coefficient (Wildman–Crippen LogP) is 14.1. The number of nitrogens with zero attached hydrogens (tertiary/aromatic N) is 3. The van der Waals surface area contributed by atoms with Crippen LogP contribution in [-0.4, -0.2) is 15.0 Å². The molecule has 0 amide bonds. The highest BCUT2D eigenvalue weighted by Gasteiger charge is 2.20. The first-order chi connectivity index (χ1) is 27.7. The lowest BCUT2D eigenvalue weighted by Crippen LogP contribution is -2.00. The van der Waals surface area contributed by atoms with Crippen molar-refractivity contribution < 1.29 is 4.42 Å². The number of furan rings is 1. The van der Waals surface area contributed by atoms with Crippen LogP contribution in [0.15, 0.2) is 192 Å². The second kappa shape index (κ2) is 13.3. The molecule has 0 unspecified atom stereocenters. The van der Waals surface area contributed by atoms with E-state index in [2.05, 4.69) is 164 Å². The molecule has 0 saturated carbocycles. The van der Waals surface area contributed by atoms with Crippen LogP contribution in [0.1, 0.15) is 0 Å². The Morgan fingerprint density at radius 1 is 0.321 bits per heavy atom. The van der Waals surface area contributed by atoms with Gasteiger partial charge in [0, 0.05) is 47.6 Å². The molecule has 0 atom stereocenters. The third-order valence-corrected chi connectivity index (χ3v) is 11.7. The van der Waals surface area contributed by atoms with E-state index in [9.17, 15) is 0 Å². The molecule has 0 N–H and O–H groups in total. The Labute approximate surface area is 327 Å². The summed E-state index contributed by atoms with van der Waals surface area (Å²) in [5, 5.41) is 4.35. The highest BCUT2D eigenvalue weighted by Crippen LogP contribution is 2.42. The summed E-state index contributed by atoms with van der Waals surface area (Å²) in [6.07, 6.45) is 0. The van der Waals surface area contributed by atoms with E-state index in [0.29, 0.717) is 17.5 Å². The van der Waals surface area contributed by atoms with E-state index in [0.717, 1.165) is 66.3 Å². The van der Waals surface area contributed by atoms with Crippen LogP contribution in [0.2, 0.25) is 0 Å². The van der Waals surface area contributed by atoms with E-state index in [-0.39, 0.29) is 0 Å². The third kappa shape index (κ3) is 5.56. The van der Waals surface area contributed by atoms with E-state index in [1.807, 2.05) is 24.3 Å². The quantitative estimate of drug-likeness (QED) is 0.171. The minimum atomic E-state index is 0.596. The van der Waals surface area contributed by atoms with Crippen molar-refractivity contribution in [1.82, 2.24) is 15.0 Å². The summed E-state index contributed by atoms with van der Waals surface area (Å²) in [4.78, 5) is 15.8. The fourth-order valence-corrected chi connectivity index (χ4v) is 8.98. The molecule has 0 saturated heterocycles. The van der Waals surface area contributed by atoms with Gasteiger partial charge in [-0.1, -0.05) is 152 Å². The van der Waals surface area contributed by atoms with Crippen molar-refractivity contribution in [1.29, 1.82) is 0 Å². The van der Waals surface area contributed by atoms with Gasteiger partial charge in [0.2, 0.25) is 0 Å².